The van der Waals surface area contributed by atoms with E-state index in [4.69, 9.17) is 0 Å². The molecule has 3 rings (SSSR count). The van der Waals surface area contributed by atoms with Crippen molar-refractivity contribution in [3.8, 4) is 0 Å². The van der Waals surface area contributed by atoms with Crippen molar-refractivity contribution in [1.82, 2.24) is 9.80 Å². The Bertz CT molecular complexity index is 855. The maximum absolute atomic E-state index is 13.1. The molecule has 160 valence electrons. The molecule has 0 saturated heterocycles. The molecule has 1 N–H and O–H groups in total. The van der Waals surface area contributed by atoms with Gasteiger partial charge in [-0.3, -0.25) is 14.5 Å². The molecule has 1 fully saturated rings. The second-order valence-corrected chi connectivity index (χ2v) is 8.85. The first-order valence-electron chi connectivity index (χ1n) is 10.4. The molecule has 1 saturated carbocycles. The molecule has 2 aromatic carbocycles. The Morgan fingerprint density at radius 3 is 2.40 bits per heavy atom. The van der Waals surface area contributed by atoms with Crippen LogP contribution in [0.15, 0.2) is 59.5 Å². The van der Waals surface area contributed by atoms with Crippen LogP contribution in [0.2, 0.25) is 0 Å². The number of hydrogen-bond donors (Lipinski definition) is 1. The van der Waals surface area contributed by atoms with Gasteiger partial charge in [0.05, 0.1) is 18.8 Å². The van der Waals surface area contributed by atoms with E-state index in [9.17, 15) is 9.59 Å². The standard InChI is InChI=1S/C24H31N3O2S/c1-18(20-13-14-20)27(15-19-9-5-4-6-10-19)24(29)17-26(2)16-23(28)25-21-11-7-8-12-22(21)30-3/h4-12,18,20H,13-17H2,1-3H3,(H,25,28)/t18-/m1/s1. The van der Waals surface area contributed by atoms with Crippen molar-refractivity contribution in [3.05, 3.63) is 60.2 Å². The van der Waals surface area contributed by atoms with Gasteiger partial charge in [0.1, 0.15) is 0 Å². The Balaban J connectivity index is 1.58. The third-order valence-corrected chi connectivity index (χ3v) is 6.31. The molecule has 1 aliphatic rings. The molecule has 5 nitrogen and oxygen atoms in total. The van der Waals surface area contributed by atoms with E-state index in [-0.39, 0.29) is 30.9 Å². The van der Waals surface area contributed by atoms with Gasteiger partial charge in [-0.2, -0.15) is 0 Å². The number of benzene rings is 2. The van der Waals surface area contributed by atoms with Crippen molar-refractivity contribution in [2.24, 2.45) is 5.92 Å². The fourth-order valence-corrected chi connectivity index (χ4v) is 4.19. The lowest BCUT2D eigenvalue weighted by molar-refractivity contribution is -0.135. The zero-order valence-corrected chi connectivity index (χ0v) is 18.8. The van der Waals surface area contributed by atoms with Gasteiger partial charge in [0.15, 0.2) is 0 Å². The first-order valence-corrected chi connectivity index (χ1v) is 11.6. The first kappa shape index (κ1) is 22.4. The maximum atomic E-state index is 13.1. The summed E-state index contributed by atoms with van der Waals surface area (Å²) in [7, 11) is 1.82. The van der Waals surface area contributed by atoms with Crippen LogP contribution in [0.5, 0.6) is 0 Å². The highest BCUT2D eigenvalue weighted by Gasteiger charge is 2.34. The number of carbonyl (C=O) groups is 2. The number of likely N-dealkylation sites (N-methyl/N-ethyl adjacent to an activating group) is 1. The van der Waals surface area contributed by atoms with E-state index in [2.05, 4.69) is 24.4 Å². The first-order chi connectivity index (χ1) is 14.5. The topological polar surface area (TPSA) is 52.7 Å². The van der Waals surface area contributed by atoms with Crippen LogP contribution in [0.4, 0.5) is 5.69 Å². The van der Waals surface area contributed by atoms with Gasteiger partial charge in [-0.05, 0) is 56.7 Å². The van der Waals surface area contributed by atoms with Crippen molar-refractivity contribution in [3.63, 3.8) is 0 Å². The molecular formula is C24H31N3O2S. The fourth-order valence-electron chi connectivity index (χ4n) is 3.63. The quantitative estimate of drug-likeness (QED) is 0.582. The Kier molecular flexibility index (Phi) is 7.94. The number of anilines is 1. The summed E-state index contributed by atoms with van der Waals surface area (Å²) in [4.78, 5) is 30.4. The molecule has 0 radical (unpaired) electrons. The van der Waals surface area contributed by atoms with E-state index in [0.29, 0.717) is 12.5 Å². The summed E-state index contributed by atoms with van der Waals surface area (Å²) in [6.45, 7) is 3.15. The SMILES string of the molecule is CSc1ccccc1NC(=O)CN(C)CC(=O)N(Cc1ccccc1)[C@H](C)C1CC1. The summed E-state index contributed by atoms with van der Waals surface area (Å²) in [6, 6.07) is 18.1. The number of hydrogen-bond acceptors (Lipinski definition) is 4. The number of carbonyl (C=O) groups excluding carboxylic acids is 2. The molecule has 0 aromatic heterocycles. The average molecular weight is 426 g/mol. The van der Waals surface area contributed by atoms with Crippen LogP contribution < -0.4 is 5.32 Å². The zero-order valence-electron chi connectivity index (χ0n) is 18.0. The van der Waals surface area contributed by atoms with Gasteiger partial charge in [0, 0.05) is 17.5 Å². The second-order valence-electron chi connectivity index (χ2n) is 8.01. The van der Waals surface area contributed by atoms with Gasteiger partial charge in [0.2, 0.25) is 11.8 Å². The van der Waals surface area contributed by atoms with Crippen molar-refractivity contribution < 1.29 is 9.59 Å². The van der Waals surface area contributed by atoms with E-state index in [0.717, 1.165) is 16.1 Å². The number of nitrogens with one attached hydrogen (secondary N) is 1. The summed E-state index contributed by atoms with van der Waals surface area (Å²) >= 11 is 1.59. The van der Waals surface area contributed by atoms with Crippen LogP contribution >= 0.6 is 11.8 Å². The van der Waals surface area contributed by atoms with Gasteiger partial charge in [-0.25, -0.2) is 0 Å². The lowest BCUT2D eigenvalue weighted by atomic mass is 10.1. The number of amides is 2. The van der Waals surface area contributed by atoms with Crippen molar-refractivity contribution in [1.29, 1.82) is 0 Å². The number of rotatable bonds is 10. The molecule has 0 aliphatic heterocycles. The van der Waals surface area contributed by atoms with E-state index < -0.39 is 0 Å². The van der Waals surface area contributed by atoms with Gasteiger partial charge in [-0.15, -0.1) is 11.8 Å². The highest BCUT2D eigenvalue weighted by atomic mass is 32.2. The molecule has 0 spiro atoms. The highest BCUT2D eigenvalue weighted by Crippen LogP contribution is 2.35. The molecule has 1 aliphatic carbocycles. The largest absolute Gasteiger partial charge is 0.334 e. The molecule has 2 aromatic rings. The Morgan fingerprint density at radius 1 is 1.07 bits per heavy atom. The Morgan fingerprint density at radius 2 is 1.73 bits per heavy atom. The van der Waals surface area contributed by atoms with Gasteiger partial charge in [0.25, 0.3) is 0 Å². The number of para-hydroxylation sites is 1. The van der Waals surface area contributed by atoms with Crippen LogP contribution in [0.3, 0.4) is 0 Å². The smallest absolute Gasteiger partial charge is 0.238 e. The van der Waals surface area contributed by atoms with E-state index in [1.54, 1.807) is 16.7 Å². The van der Waals surface area contributed by atoms with Gasteiger partial charge in [-0.1, -0.05) is 42.5 Å². The van der Waals surface area contributed by atoms with Gasteiger partial charge >= 0.3 is 0 Å². The van der Waals surface area contributed by atoms with E-state index in [1.165, 1.54) is 12.8 Å². The summed E-state index contributed by atoms with van der Waals surface area (Å²) in [6.07, 6.45) is 4.36. The highest BCUT2D eigenvalue weighted by molar-refractivity contribution is 7.98. The minimum Gasteiger partial charge on any atom is -0.334 e. The molecular weight excluding hydrogens is 394 g/mol. The summed E-state index contributed by atoms with van der Waals surface area (Å²) in [5, 5.41) is 2.96. The van der Waals surface area contributed by atoms with Crippen LogP contribution in [0.1, 0.15) is 25.3 Å². The van der Waals surface area contributed by atoms with Crippen molar-refractivity contribution >= 4 is 29.3 Å². The number of nitrogens with zero attached hydrogens (tertiary/aromatic N) is 2. The third kappa shape index (κ3) is 6.34. The molecule has 2 amide bonds. The van der Waals surface area contributed by atoms with E-state index >= 15 is 0 Å². The predicted octanol–water partition coefficient (Wildman–Crippen LogP) is 4.11. The maximum Gasteiger partial charge on any atom is 0.238 e. The molecule has 0 unspecified atom stereocenters. The van der Waals surface area contributed by atoms with E-state index in [1.807, 2.05) is 60.7 Å². The van der Waals surface area contributed by atoms with Crippen LogP contribution in [-0.4, -0.2) is 54.0 Å². The fraction of sp³-hybridized carbons (Fsp3) is 0.417. The lowest BCUT2D eigenvalue weighted by Gasteiger charge is -2.31. The minimum absolute atomic E-state index is 0.0677. The zero-order chi connectivity index (χ0) is 21.5. The molecule has 1 atom stereocenters. The average Bonchev–Trinajstić information content (AvgIpc) is 3.58. The van der Waals surface area contributed by atoms with Crippen molar-refractivity contribution in [2.75, 3.05) is 31.7 Å². The predicted molar refractivity (Wildman–Crippen MR) is 124 cm³/mol. The second kappa shape index (κ2) is 10.6. The number of thioether (sulfide) groups is 1. The Hall–Kier alpha value is -2.31. The molecule has 30 heavy (non-hydrogen) atoms. The van der Waals surface area contributed by atoms with Crippen LogP contribution in [0, 0.1) is 5.92 Å². The molecule has 0 bridgehead atoms. The minimum atomic E-state index is -0.114. The van der Waals surface area contributed by atoms with Crippen LogP contribution in [0.25, 0.3) is 0 Å². The third-order valence-electron chi connectivity index (χ3n) is 5.51. The summed E-state index contributed by atoms with van der Waals surface area (Å²) in [5.41, 5.74) is 1.94. The normalized spacial score (nSPS) is 14.4. The summed E-state index contributed by atoms with van der Waals surface area (Å²) in [5.74, 6) is 0.545. The van der Waals surface area contributed by atoms with Gasteiger partial charge < -0.3 is 10.2 Å². The molecule has 0 heterocycles. The summed E-state index contributed by atoms with van der Waals surface area (Å²) < 4.78 is 0. The lowest BCUT2D eigenvalue weighted by Crippen LogP contribution is -2.45. The van der Waals surface area contributed by atoms with Crippen molar-refractivity contribution in [2.45, 2.75) is 37.2 Å². The monoisotopic (exact) mass is 425 g/mol. The Labute approximate surface area is 183 Å². The molecule has 6 heteroatoms. The van der Waals surface area contributed by atoms with Crippen LogP contribution in [-0.2, 0) is 16.1 Å².